The van der Waals surface area contributed by atoms with Crippen LogP contribution in [0.25, 0.3) is 5.52 Å². The maximum Gasteiger partial charge on any atom is 0.143 e. The number of likely N-dealkylation sites (tertiary alicyclic amines) is 1. The average Bonchev–Trinajstić information content (AvgIpc) is 3.58. The highest BCUT2D eigenvalue weighted by Crippen LogP contribution is 2.23. The summed E-state index contributed by atoms with van der Waals surface area (Å²) in [5, 5.41) is 8.54. The van der Waals surface area contributed by atoms with E-state index in [-0.39, 0.29) is 17.6 Å². The minimum absolute atomic E-state index is 0.101. The third-order valence-corrected chi connectivity index (χ3v) is 7.15. The fraction of sp³-hybridized carbons (Fsp3) is 0.424. The zero-order valence-corrected chi connectivity index (χ0v) is 23.8. The van der Waals surface area contributed by atoms with Crippen LogP contribution in [0.1, 0.15) is 74.6 Å². The summed E-state index contributed by atoms with van der Waals surface area (Å²) in [4.78, 5) is 15.1. The van der Waals surface area contributed by atoms with Crippen LogP contribution in [-0.4, -0.2) is 51.7 Å². The second kappa shape index (κ2) is 12.5. The molecule has 0 bridgehead atoms. The number of fused-ring (bicyclic) bond motifs is 1. The monoisotopic (exact) mass is 538 g/mol. The third-order valence-electron chi connectivity index (χ3n) is 7.15. The second-order valence-corrected chi connectivity index (χ2v) is 11.7. The fourth-order valence-corrected chi connectivity index (χ4v) is 4.87. The maximum atomic E-state index is 12.6. The first-order valence-corrected chi connectivity index (χ1v) is 14.2. The first-order valence-electron chi connectivity index (χ1n) is 14.2. The van der Waals surface area contributed by atoms with Crippen LogP contribution in [0.2, 0.25) is 0 Å². The zero-order valence-electron chi connectivity index (χ0n) is 23.8. The Morgan fingerprint density at radius 3 is 2.52 bits per heavy atom. The van der Waals surface area contributed by atoms with Crippen LogP contribution in [-0.2, 0) is 23.1 Å². The Balaban J connectivity index is 1.12. The van der Waals surface area contributed by atoms with Gasteiger partial charge in [0.2, 0.25) is 0 Å². The number of hydrogen-bond acceptors (Lipinski definition) is 6. The first kappa shape index (κ1) is 27.7. The van der Waals surface area contributed by atoms with Crippen LogP contribution in [0.4, 0.5) is 0 Å². The summed E-state index contributed by atoms with van der Waals surface area (Å²) in [5.41, 5.74) is 4.18. The summed E-state index contributed by atoms with van der Waals surface area (Å²) in [6.07, 6.45) is 9.33. The highest BCUT2D eigenvalue weighted by atomic mass is 16.5. The lowest BCUT2D eigenvalue weighted by Crippen LogP contribution is -2.31. The summed E-state index contributed by atoms with van der Waals surface area (Å²) < 4.78 is 13.2. The smallest absolute Gasteiger partial charge is 0.143 e. The molecule has 4 heterocycles. The van der Waals surface area contributed by atoms with Crippen molar-refractivity contribution in [2.75, 3.05) is 26.2 Å². The number of carbonyl (C=O) groups is 1. The first-order chi connectivity index (χ1) is 19.3. The summed E-state index contributed by atoms with van der Waals surface area (Å²) in [6, 6.07) is 13.7. The number of benzene rings is 1. The van der Waals surface area contributed by atoms with Gasteiger partial charge < -0.3 is 14.2 Å². The molecule has 0 N–H and O–H groups in total. The SMILES string of the molecule is CC(C)(C)c1cc(CC(=O)Cc2ccc(C#Cc3cnn4cc(OCCCN5CCCCC5)cc4c3)cc2)no1. The Hall–Kier alpha value is -3.89. The molecule has 0 saturated carbocycles. The molecule has 5 rings (SSSR count). The lowest BCUT2D eigenvalue weighted by Gasteiger charge is -2.26. The van der Waals surface area contributed by atoms with E-state index in [1.807, 2.05) is 53.2 Å². The molecule has 0 spiro atoms. The van der Waals surface area contributed by atoms with E-state index >= 15 is 0 Å². The molecule has 0 atom stereocenters. The van der Waals surface area contributed by atoms with Crippen molar-refractivity contribution in [3.05, 3.63) is 83.0 Å². The van der Waals surface area contributed by atoms with Gasteiger partial charge in [-0.3, -0.25) is 4.79 Å². The van der Waals surface area contributed by atoms with Crippen LogP contribution in [0, 0.1) is 11.8 Å². The number of hydrogen-bond donors (Lipinski definition) is 0. The molecule has 0 radical (unpaired) electrons. The Morgan fingerprint density at radius 2 is 1.77 bits per heavy atom. The largest absolute Gasteiger partial charge is 0.492 e. The van der Waals surface area contributed by atoms with Gasteiger partial charge in [-0.15, -0.1) is 0 Å². The number of nitrogens with zero attached hydrogens (tertiary/aromatic N) is 4. The van der Waals surface area contributed by atoms with Crippen molar-refractivity contribution < 1.29 is 14.1 Å². The lowest BCUT2D eigenvalue weighted by atomic mass is 9.93. The highest BCUT2D eigenvalue weighted by Gasteiger charge is 2.20. The van der Waals surface area contributed by atoms with Crippen LogP contribution < -0.4 is 4.74 Å². The molecular formula is C33H38N4O3. The van der Waals surface area contributed by atoms with Gasteiger partial charge in [0.15, 0.2) is 0 Å². The van der Waals surface area contributed by atoms with Gasteiger partial charge in [0.1, 0.15) is 17.3 Å². The molecule has 208 valence electrons. The molecule has 7 nitrogen and oxygen atoms in total. The number of aromatic nitrogens is 3. The Kier molecular flexibility index (Phi) is 8.66. The van der Waals surface area contributed by atoms with Gasteiger partial charge >= 0.3 is 0 Å². The van der Waals surface area contributed by atoms with Crippen LogP contribution in [0.3, 0.4) is 0 Å². The van der Waals surface area contributed by atoms with E-state index in [1.54, 1.807) is 6.20 Å². The van der Waals surface area contributed by atoms with Gasteiger partial charge in [-0.2, -0.15) is 5.10 Å². The van der Waals surface area contributed by atoms with E-state index in [4.69, 9.17) is 9.26 Å². The van der Waals surface area contributed by atoms with Crippen molar-refractivity contribution in [3.8, 4) is 17.6 Å². The molecule has 7 heteroatoms. The van der Waals surface area contributed by atoms with Crippen molar-refractivity contribution in [3.63, 3.8) is 0 Å². The van der Waals surface area contributed by atoms with Crippen molar-refractivity contribution >= 4 is 11.3 Å². The van der Waals surface area contributed by atoms with Crippen LogP contribution >= 0.6 is 0 Å². The van der Waals surface area contributed by atoms with Crippen molar-refractivity contribution in [1.82, 2.24) is 19.7 Å². The summed E-state index contributed by atoms with van der Waals surface area (Å²) in [6.45, 7) is 10.4. The molecular weight excluding hydrogens is 500 g/mol. The Labute approximate surface area is 236 Å². The van der Waals surface area contributed by atoms with E-state index in [9.17, 15) is 4.79 Å². The molecule has 3 aromatic heterocycles. The highest BCUT2D eigenvalue weighted by molar-refractivity contribution is 5.82. The fourth-order valence-electron chi connectivity index (χ4n) is 4.87. The van der Waals surface area contributed by atoms with Gasteiger partial charge in [-0.05, 0) is 56.1 Å². The average molecular weight is 539 g/mol. The number of carbonyl (C=O) groups excluding carboxylic acids is 1. The standard InChI is InChI=1S/C33H38N4O3/c1-33(2,3)32-21-28(35-40-32)20-30(38)19-26-11-8-25(9-12-26)10-13-27-18-29-22-31(24-37(29)34-23-27)39-17-7-16-36-14-5-4-6-15-36/h8-9,11-12,18,21-24H,4-7,14-17,19-20H2,1-3H3. The zero-order chi connectivity index (χ0) is 28.0. The number of Topliss-reactive ketones (excluding diaryl/α,β-unsaturated/α-hetero) is 1. The van der Waals surface area contributed by atoms with Gasteiger partial charge in [0.25, 0.3) is 0 Å². The van der Waals surface area contributed by atoms with E-state index in [2.05, 4.69) is 47.8 Å². The number of ether oxygens (including phenoxy) is 1. The molecule has 1 saturated heterocycles. The van der Waals surface area contributed by atoms with Crippen molar-refractivity contribution in [2.24, 2.45) is 0 Å². The maximum absolute atomic E-state index is 12.6. The third kappa shape index (κ3) is 7.61. The molecule has 1 aliphatic heterocycles. The number of ketones is 1. The van der Waals surface area contributed by atoms with Gasteiger partial charge in [0, 0.05) is 41.6 Å². The molecule has 0 amide bonds. The van der Waals surface area contributed by atoms with E-state index in [1.165, 1.54) is 32.4 Å². The second-order valence-electron chi connectivity index (χ2n) is 11.7. The number of rotatable bonds is 9. The van der Waals surface area contributed by atoms with E-state index in [0.29, 0.717) is 18.7 Å². The van der Waals surface area contributed by atoms with Crippen molar-refractivity contribution in [2.45, 2.75) is 64.7 Å². The van der Waals surface area contributed by atoms with Crippen molar-refractivity contribution in [1.29, 1.82) is 0 Å². The minimum atomic E-state index is -0.126. The quantitative estimate of drug-likeness (QED) is 0.203. The Morgan fingerprint density at radius 1 is 1.00 bits per heavy atom. The minimum Gasteiger partial charge on any atom is -0.492 e. The molecule has 0 aliphatic carbocycles. The van der Waals surface area contributed by atoms with E-state index < -0.39 is 0 Å². The Bertz CT molecular complexity index is 1490. The summed E-state index contributed by atoms with van der Waals surface area (Å²) in [7, 11) is 0. The summed E-state index contributed by atoms with van der Waals surface area (Å²) in [5.74, 6) is 8.12. The van der Waals surface area contributed by atoms with Crippen LogP contribution in [0.15, 0.2) is 59.4 Å². The van der Waals surface area contributed by atoms with Gasteiger partial charge in [-0.25, -0.2) is 4.52 Å². The van der Waals surface area contributed by atoms with Gasteiger partial charge in [-0.1, -0.05) is 56.3 Å². The topological polar surface area (TPSA) is 72.9 Å². The predicted octanol–water partition coefficient (Wildman–Crippen LogP) is 5.63. The normalized spacial score (nSPS) is 14.2. The lowest BCUT2D eigenvalue weighted by molar-refractivity contribution is -0.117. The molecule has 0 unspecified atom stereocenters. The molecule has 1 fully saturated rings. The number of piperidine rings is 1. The predicted molar refractivity (Wildman–Crippen MR) is 156 cm³/mol. The molecule has 4 aromatic rings. The summed E-state index contributed by atoms with van der Waals surface area (Å²) >= 11 is 0. The molecule has 1 aliphatic rings. The molecule has 1 aromatic carbocycles. The van der Waals surface area contributed by atoms with E-state index in [0.717, 1.165) is 46.7 Å². The van der Waals surface area contributed by atoms with Gasteiger partial charge in [0.05, 0.1) is 36.6 Å². The van der Waals surface area contributed by atoms with Crippen LogP contribution in [0.5, 0.6) is 5.75 Å². The molecule has 40 heavy (non-hydrogen) atoms.